The van der Waals surface area contributed by atoms with Crippen molar-refractivity contribution >= 4 is 5.69 Å². The van der Waals surface area contributed by atoms with Crippen LogP contribution in [0.1, 0.15) is 5.82 Å². The van der Waals surface area contributed by atoms with Gasteiger partial charge in [0.1, 0.15) is 17.3 Å². The van der Waals surface area contributed by atoms with Crippen LogP contribution in [0.15, 0.2) is 24.5 Å². The van der Waals surface area contributed by atoms with Gasteiger partial charge in [-0.3, -0.25) is 0 Å². The van der Waals surface area contributed by atoms with E-state index >= 15 is 0 Å². The van der Waals surface area contributed by atoms with Crippen LogP contribution in [0.2, 0.25) is 0 Å². The maximum absolute atomic E-state index is 13.2. The highest BCUT2D eigenvalue weighted by molar-refractivity contribution is 5.46. The molecule has 2 rings (SSSR count). The quantitative estimate of drug-likeness (QED) is 0.845. The summed E-state index contributed by atoms with van der Waals surface area (Å²) in [6.45, 7) is 0.131. The molecule has 0 fully saturated rings. The fraction of sp³-hybridized carbons (Fsp3) is 0.100. The molecule has 0 radical (unpaired) electrons. The van der Waals surface area contributed by atoms with Gasteiger partial charge in [-0.2, -0.15) is 0 Å². The number of aromatic nitrogens is 2. The third kappa shape index (κ3) is 2.16. The lowest BCUT2D eigenvalue weighted by molar-refractivity contribution is 0.547. The van der Waals surface area contributed by atoms with E-state index in [0.29, 0.717) is 18.0 Å². The van der Waals surface area contributed by atoms with E-state index in [1.54, 1.807) is 6.20 Å². The molecular formula is C10H8F3N3. The Bertz CT molecular complexity index is 459. The molecule has 2 aromatic rings. The van der Waals surface area contributed by atoms with Crippen LogP contribution >= 0.6 is 0 Å². The van der Waals surface area contributed by atoms with E-state index in [2.05, 4.69) is 15.3 Å². The lowest BCUT2D eigenvalue weighted by atomic mass is 10.2. The van der Waals surface area contributed by atoms with Gasteiger partial charge in [-0.25, -0.2) is 18.2 Å². The minimum atomic E-state index is -0.968. The number of aromatic amines is 1. The van der Waals surface area contributed by atoms with Crippen LogP contribution in [0.4, 0.5) is 18.9 Å². The number of H-pyrrole nitrogens is 1. The summed E-state index contributed by atoms with van der Waals surface area (Å²) < 4.78 is 38.9. The molecule has 0 aliphatic carbocycles. The van der Waals surface area contributed by atoms with Gasteiger partial charge in [-0.15, -0.1) is 0 Å². The van der Waals surface area contributed by atoms with Crippen molar-refractivity contribution in [2.45, 2.75) is 6.54 Å². The van der Waals surface area contributed by atoms with E-state index in [-0.39, 0.29) is 12.2 Å². The zero-order chi connectivity index (χ0) is 11.5. The van der Waals surface area contributed by atoms with Crippen LogP contribution in [0, 0.1) is 17.5 Å². The first-order valence-corrected chi connectivity index (χ1v) is 4.53. The van der Waals surface area contributed by atoms with Crippen LogP contribution in [0.5, 0.6) is 0 Å². The van der Waals surface area contributed by atoms with Gasteiger partial charge >= 0.3 is 0 Å². The lowest BCUT2D eigenvalue weighted by Crippen LogP contribution is -2.05. The molecule has 6 heteroatoms. The number of nitrogens with one attached hydrogen (secondary N) is 2. The molecule has 0 amide bonds. The van der Waals surface area contributed by atoms with Gasteiger partial charge < -0.3 is 10.3 Å². The normalized spacial score (nSPS) is 10.4. The molecule has 84 valence electrons. The first-order chi connectivity index (χ1) is 7.66. The Morgan fingerprint density at radius 3 is 2.44 bits per heavy atom. The first-order valence-electron chi connectivity index (χ1n) is 4.53. The second-order valence-corrected chi connectivity index (χ2v) is 3.13. The molecule has 0 spiro atoms. The summed E-state index contributed by atoms with van der Waals surface area (Å²) in [7, 11) is 0. The number of anilines is 1. The molecule has 1 aromatic carbocycles. The van der Waals surface area contributed by atoms with Crippen LogP contribution in [0.25, 0.3) is 0 Å². The summed E-state index contributed by atoms with van der Waals surface area (Å²) in [5.41, 5.74) is -0.363. The SMILES string of the molecule is Fc1cc(F)c(NCc2ncc[nH]2)c(F)c1. The number of benzene rings is 1. The van der Waals surface area contributed by atoms with E-state index in [0.717, 1.165) is 0 Å². The fourth-order valence-corrected chi connectivity index (χ4v) is 1.28. The molecule has 0 bridgehead atoms. The van der Waals surface area contributed by atoms with Crippen molar-refractivity contribution in [2.75, 3.05) is 5.32 Å². The number of rotatable bonds is 3. The Balaban J connectivity index is 2.15. The largest absolute Gasteiger partial charge is 0.373 e. The fourth-order valence-electron chi connectivity index (χ4n) is 1.28. The summed E-state index contributed by atoms with van der Waals surface area (Å²) in [5, 5.41) is 2.50. The summed E-state index contributed by atoms with van der Waals surface area (Å²) in [6, 6.07) is 1.24. The van der Waals surface area contributed by atoms with E-state index in [4.69, 9.17) is 0 Å². The van der Waals surface area contributed by atoms with E-state index < -0.39 is 17.5 Å². The smallest absolute Gasteiger partial charge is 0.152 e. The van der Waals surface area contributed by atoms with Crippen LogP contribution in [0.3, 0.4) is 0 Å². The van der Waals surface area contributed by atoms with Crippen LogP contribution < -0.4 is 5.32 Å². The predicted octanol–water partition coefficient (Wildman–Crippen LogP) is 2.44. The summed E-state index contributed by atoms with van der Waals surface area (Å²) in [4.78, 5) is 6.64. The topological polar surface area (TPSA) is 40.7 Å². The molecule has 0 saturated carbocycles. The van der Waals surface area contributed by atoms with E-state index in [1.807, 2.05) is 0 Å². The summed E-state index contributed by atoms with van der Waals surface area (Å²) >= 11 is 0. The highest BCUT2D eigenvalue weighted by Gasteiger charge is 2.11. The van der Waals surface area contributed by atoms with Crippen molar-refractivity contribution in [3.8, 4) is 0 Å². The number of hydrogen-bond acceptors (Lipinski definition) is 2. The predicted molar refractivity (Wildman–Crippen MR) is 52.2 cm³/mol. The Labute approximate surface area is 89.3 Å². The van der Waals surface area contributed by atoms with E-state index in [1.165, 1.54) is 6.20 Å². The molecule has 1 heterocycles. The van der Waals surface area contributed by atoms with Gasteiger partial charge in [0.2, 0.25) is 0 Å². The van der Waals surface area contributed by atoms with Crippen molar-refractivity contribution in [3.63, 3.8) is 0 Å². The molecule has 0 aliphatic rings. The molecule has 0 unspecified atom stereocenters. The van der Waals surface area contributed by atoms with Crippen molar-refractivity contribution in [3.05, 3.63) is 47.8 Å². The molecule has 2 N–H and O–H groups in total. The highest BCUT2D eigenvalue weighted by Crippen LogP contribution is 2.20. The Hall–Kier alpha value is -1.98. The number of halogens is 3. The van der Waals surface area contributed by atoms with Gasteiger partial charge in [0.05, 0.1) is 6.54 Å². The average molecular weight is 227 g/mol. The Morgan fingerprint density at radius 2 is 1.88 bits per heavy atom. The molecular weight excluding hydrogens is 219 g/mol. The number of nitrogens with zero attached hydrogens (tertiary/aromatic N) is 1. The standard InChI is InChI=1S/C10H8F3N3/c11-6-3-7(12)10(8(13)4-6)16-5-9-14-1-2-15-9/h1-4,16H,5H2,(H,14,15). The third-order valence-corrected chi connectivity index (χ3v) is 1.99. The third-order valence-electron chi connectivity index (χ3n) is 1.99. The molecule has 0 saturated heterocycles. The van der Waals surface area contributed by atoms with Crippen LogP contribution in [-0.2, 0) is 6.54 Å². The minimum Gasteiger partial charge on any atom is -0.373 e. The van der Waals surface area contributed by atoms with Gasteiger partial charge in [0.25, 0.3) is 0 Å². The summed E-state index contributed by atoms with van der Waals surface area (Å²) in [6.07, 6.45) is 3.11. The highest BCUT2D eigenvalue weighted by atomic mass is 19.1. The molecule has 0 atom stereocenters. The van der Waals surface area contributed by atoms with Crippen molar-refractivity contribution in [1.29, 1.82) is 0 Å². The molecule has 3 nitrogen and oxygen atoms in total. The van der Waals surface area contributed by atoms with Gasteiger partial charge in [-0.1, -0.05) is 0 Å². The van der Waals surface area contributed by atoms with Gasteiger partial charge in [0, 0.05) is 24.5 Å². The monoisotopic (exact) mass is 227 g/mol. The Kier molecular flexibility index (Phi) is 2.80. The second kappa shape index (κ2) is 4.26. The van der Waals surface area contributed by atoms with E-state index in [9.17, 15) is 13.2 Å². The van der Waals surface area contributed by atoms with Crippen LogP contribution in [-0.4, -0.2) is 9.97 Å². The first kappa shape index (κ1) is 10.5. The van der Waals surface area contributed by atoms with Gasteiger partial charge in [-0.05, 0) is 0 Å². The zero-order valence-electron chi connectivity index (χ0n) is 8.10. The van der Waals surface area contributed by atoms with Crippen molar-refractivity contribution in [2.24, 2.45) is 0 Å². The zero-order valence-corrected chi connectivity index (χ0v) is 8.10. The molecule has 1 aromatic heterocycles. The number of imidazole rings is 1. The maximum atomic E-state index is 13.2. The molecule has 16 heavy (non-hydrogen) atoms. The Morgan fingerprint density at radius 1 is 1.19 bits per heavy atom. The lowest BCUT2D eigenvalue weighted by Gasteiger charge is -2.07. The van der Waals surface area contributed by atoms with Crippen molar-refractivity contribution in [1.82, 2.24) is 9.97 Å². The van der Waals surface area contributed by atoms with Crippen molar-refractivity contribution < 1.29 is 13.2 Å². The number of hydrogen-bond donors (Lipinski definition) is 2. The average Bonchev–Trinajstić information content (AvgIpc) is 2.68. The maximum Gasteiger partial charge on any atom is 0.152 e. The second-order valence-electron chi connectivity index (χ2n) is 3.13. The summed E-state index contributed by atoms with van der Waals surface area (Å²) in [5.74, 6) is -2.35. The minimum absolute atomic E-state index is 0.131. The van der Waals surface area contributed by atoms with Gasteiger partial charge in [0.15, 0.2) is 11.6 Å². The molecule has 0 aliphatic heterocycles.